The van der Waals surface area contributed by atoms with Gasteiger partial charge in [0.15, 0.2) is 0 Å². The first-order valence-electron chi connectivity index (χ1n) is 14.9. The molecule has 0 saturated heterocycles. The van der Waals surface area contributed by atoms with E-state index < -0.39 is 47.0 Å². The minimum absolute atomic E-state index is 0.0781. The number of hydrogen-bond acceptors (Lipinski definition) is 6. The van der Waals surface area contributed by atoms with E-state index in [2.05, 4.69) is 40.7 Å². The van der Waals surface area contributed by atoms with Gasteiger partial charge in [-0.3, -0.25) is 19.2 Å². The molecule has 10 nitrogen and oxygen atoms in total. The maximum absolute atomic E-state index is 13.8. The number of urea groups is 1. The number of amides is 5. The average molecular weight is 606 g/mol. The average Bonchev–Trinajstić information content (AvgIpc) is 2.94. The molecule has 236 valence electrons. The third kappa shape index (κ3) is 12.5. The standard InChI is InChI=1S/C31H51N5O5S/c1-8-12-16-23(25(38)27(39)32-19-9-2)33-24(37)21-36(20-10-3)28(40)26(30(5,6)7)34-29(41)35-31(22-42-11-4)17-14-13-15-18-31/h1,9,23,26H,2,10-22H2,3-7H3,(H,32,39)(H,33,37)(H2,34,35,41)/t23?,26-/m1/s1. The summed E-state index contributed by atoms with van der Waals surface area (Å²) in [6, 6.07) is -2.43. The Labute approximate surface area is 256 Å². The summed E-state index contributed by atoms with van der Waals surface area (Å²) in [6.45, 7) is 13.1. The highest BCUT2D eigenvalue weighted by Crippen LogP contribution is 2.31. The van der Waals surface area contributed by atoms with Gasteiger partial charge in [-0.1, -0.05) is 60.0 Å². The first-order chi connectivity index (χ1) is 19.8. The van der Waals surface area contributed by atoms with Crippen molar-refractivity contribution in [1.29, 1.82) is 0 Å². The maximum atomic E-state index is 13.8. The highest BCUT2D eigenvalue weighted by Gasteiger charge is 2.39. The lowest BCUT2D eigenvalue weighted by Crippen LogP contribution is -2.62. The first kappa shape index (κ1) is 37.0. The fraction of sp³-hybridized carbons (Fsp3) is 0.710. The molecule has 11 heteroatoms. The second kappa shape index (κ2) is 18.5. The predicted octanol–water partition coefficient (Wildman–Crippen LogP) is 3.16. The molecule has 0 aromatic carbocycles. The van der Waals surface area contributed by atoms with Gasteiger partial charge >= 0.3 is 6.03 Å². The SMILES string of the molecule is C#CCCC(NC(=O)CN(CCC)C(=O)[C@@H](NC(=O)NC1(CSCC)CCCCC1)C(C)(C)C)C(=O)C(=O)NCC=C. The van der Waals surface area contributed by atoms with Crippen molar-refractivity contribution in [3.05, 3.63) is 12.7 Å². The Morgan fingerprint density at radius 2 is 1.76 bits per heavy atom. The highest BCUT2D eigenvalue weighted by molar-refractivity contribution is 7.99. The molecule has 1 aliphatic rings. The summed E-state index contributed by atoms with van der Waals surface area (Å²) in [4.78, 5) is 66.6. The van der Waals surface area contributed by atoms with Crippen molar-refractivity contribution in [2.24, 2.45) is 5.41 Å². The number of ketones is 1. The van der Waals surface area contributed by atoms with Gasteiger partial charge in [-0.25, -0.2) is 4.79 Å². The minimum Gasteiger partial charge on any atom is -0.346 e. The van der Waals surface area contributed by atoms with Crippen LogP contribution in [0.5, 0.6) is 0 Å². The lowest BCUT2D eigenvalue weighted by molar-refractivity contribution is -0.142. The molecule has 0 bridgehead atoms. The minimum atomic E-state index is -1.13. The fourth-order valence-corrected chi connectivity index (χ4v) is 5.88. The van der Waals surface area contributed by atoms with Crippen LogP contribution in [0.25, 0.3) is 0 Å². The van der Waals surface area contributed by atoms with Gasteiger partial charge in [0.1, 0.15) is 6.04 Å². The molecule has 1 rings (SSSR count). The van der Waals surface area contributed by atoms with E-state index in [4.69, 9.17) is 6.42 Å². The third-order valence-electron chi connectivity index (χ3n) is 7.16. The zero-order valence-corrected chi connectivity index (χ0v) is 26.9. The van der Waals surface area contributed by atoms with Gasteiger partial charge in [0.05, 0.1) is 18.1 Å². The Bertz CT molecular complexity index is 981. The summed E-state index contributed by atoms with van der Waals surface area (Å²) < 4.78 is 0. The van der Waals surface area contributed by atoms with Crippen LogP contribution in [0.1, 0.15) is 86.0 Å². The number of nitrogens with one attached hydrogen (secondary N) is 4. The Morgan fingerprint density at radius 1 is 1.10 bits per heavy atom. The lowest BCUT2D eigenvalue weighted by atomic mass is 9.83. The number of Topliss-reactive ketones (excluding diaryl/α,β-unsaturated/α-hetero) is 1. The normalized spacial score (nSPS) is 15.7. The molecule has 0 aromatic rings. The van der Waals surface area contributed by atoms with Gasteiger partial charge in [0, 0.05) is 25.3 Å². The van der Waals surface area contributed by atoms with Crippen molar-refractivity contribution >= 4 is 41.3 Å². The smallest absolute Gasteiger partial charge is 0.315 e. The fourth-order valence-electron chi connectivity index (χ4n) is 4.93. The highest BCUT2D eigenvalue weighted by atomic mass is 32.2. The second-order valence-electron chi connectivity index (χ2n) is 11.9. The van der Waals surface area contributed by atoms with Crippen LogP contribution in [0.2, 0.25) is 0 Å². The van der Waals surface area contributed by atoms with Crippen LogP contribution >= 0.6 is 11.8 Å². The summed E-state index contributed by atoms with van der Waals surface area (Å²) in [7, 11) is 0. The molecule has 2 atom stereocenters. The van der Waals surface area contributed by atoms with Gasteiger partial charge < -0.3 is 26.2 Å². The quantitative estimate of drug-likeness (QED) is 0.114. The van der Waals surface area contributed by atoms with Crippen LogP contribution in [0.15, 0.2) is 12.7 Å². The molecule has 1 fully saturated rings. The molecule has 1 unspecified atom stereocenters. The molecule has 0 aliphatic heterocycles. The van der Waals surface area contributed by atoms with Crippen LogP contribution in [-0.4, -0.2) is 83.2 Å². The topological polar surface area (TPSA) is 137 Å². The molecule has 0 spiro atoms. The zero-order chi connectivity index (χ0) is 31.8. The van der Waals surface area contributed by atoms with E-state index in [-0.39, 0.29) is 38.0 Å². The molecular formula is C31H51N5O5S. The van der Waals surface area contributed by atoms with E-state index in [0.717, 1.165) is 43.6 Å². The van der Waals surface area contributed by atoms with Gasteiger partial charge in [-0.15, -0.1) is 18.9 Å². The number of thioether (sulfide) groups is 1. The number of nitrogens with zero attached hydrogens (tertiary/aromatic N) is 1. The number of rotatable bonds is 17. The summed E-state index contributed by atoms with van der Waals surface area (Å²) in [5, 5.41) is 11.1. The molecule has 0 aromatic heterocycles. The summed E-state index contributed by atoms with van der Waals surface area (Å²) in [5.41, 5.74) is -0.960. The molecule has 1 saturated carbocycles. The van der Waals surface area contributed by atoms with Gasteiger partial charge in [-0.2, -0.15) is 11.8 Å². The Kier molecular flexibility index (Phi) is 16.3. The van der Waals surface area contributed by atoms with E-state index in [9.17, 15) is 24.0 Å². The van der Waals surface area contributed by atoms with Crippen molar-refractivity contribution in [3.63, 3.8) is 0 Å². The van der Waals surface area contributed by atoms with Crippen LogP contribution in [-0.2, 0) is 19.2 Å². The first-order valence-corrected chi connectivity index (χ1v) is 16.1. The zero-order valence-electron chi connectivity index (χ0n) is 26.1. The van der Waals surface area contributed by atoms with Crippen LogP contribution in [0.3, 0.4) is 0 Å². The monoisotopic (exact) mass is 605 g/mol. The van der Waals surface area contributed by atoms with Crippen molar-refractivity contribution in [2.75, 3.05) is 31.1 Å². The van der Waals surface area contributed by atoms with E-state index in [0.29, 0.717) is 6.42 Å². The Hall–Kier alpha value is -3.00. The van der Waals surface area contributed by atoms with Gasteiger partial charge in [-0.05, 0) is 36.9 Å². The van der Waals surface area contributed by atoms with Gasteiger partial charge in [0.2, 0.25) is 17.6 Å². The summed E-state index contributed by atoms with van der Waals surface area (Å²) >= 11 is 1.80. The van der Waals surface area contributed by atoms with Crippen LogP contribution in [0.4, 0.5) is 4.79 Å². The van der Waals surface area contributed by atoms with Crippen molar-refractivity contribution in [2.45, 2.75) is 104 Å². The molecule has 1 aliphatic carbocycles. The molecular weight excluding hydrogens is 554 g/mol. The largest absolute Gasteiger partial charge is 0.346 e. The molecule has 4 N–H and O–H groups in total. The van der Waals surface area contributed by atoms with Crippen LogP contribution < -0.4 is 21.3 Å². The molecule has 42 heavy (non-hydrogen) atoms. The van der Waals surface area contributed by atoms with E-state index in [1.165, 1.54) is 11.0 Å². The molecule has 5 amide bonds. The number of terminal acetylenes is 1. The van der Waals surface area contributed by atoms with E-state index >= 15 is 0 Å². The summed E-state index contributed by atoms with van der Waals surface area (Å²) in [6.07, 6.45) is 12.6. The third-order valence-corrected chi connectivity index (χ3v) is 8.32. The van der Waals surface area contributed by atoms with Crippen molar-refractivity contribution in [3.8, 4) is 12.3 Å². The van der Waals surface area contributed by atoms with E-state index in [1.54, 1.807) is 11.8 Å². The maximum Gasteiger partial charge on any atom is 0.315 e. The lowest BCUT2D eigenvalue weighted by Gasteiger charge is -2.40. The second-order valence-corrected chi connectivity index (χ2v) is 13.1. The summed E-state index contributed by atoms with van der Waals surface area (Å²) in [5.74, 6) is 1.52. The predicted molar refractivity (Wildman–Crippen MR) is 169 cm³/mol. The van der Waals surface area contributed by atoms with Crippen molar-refractivity contribution < 1.29 is 24.0 Å². The van der Waals surface area contributed by atoms with Crippen LogP contribution in [0, 0.1) is 17.8 Å². The number of carbonyl (C=O) groups is 5. The van der Waals surface area contributed by atoms with E-state index in [1.807, 2.05) is 27.7 Å². The van der Waals surface area contributed by atoms with Crippen molar-refractivity contribution in [1.82, 2.24) is 26.2 Å². The molecule has 0 heterocycles. The Morgan fingerprint density at radius 3 is 2.31 bits per heavy atom. The molecule has 0 radical (unpaired) electrons. The Balaban J connectivity index is 3.06. The number of carbonyl (C=O) groups excluding carboxylic acids is 5. The number of hydrogen-bond donors (Lipinski definition) is 4. The van der Waals surface area contributed by atoms with Gasteiger partial charge in [0.25, 0.3) is 5.91 Å².